The maximum atomic E-state index is 13.0. The molecule has 1 aliphatic rings. The van der Waals surface area contributed by atoms with Gasteiger partial charge in [-0.15, -0.1) is 0 Å². The van der Waals surface area contributed by atoms with Crippen LogP contribution in [0.3, 0.4) is 0 Å². The van der Waals surface area contributed by atoms with Gasteiger partial charge in [-0.3, -0.25) is 4.79 Å². The summed E-state index contributed by atoms with van der Waals surface area (Å²) in [5.74, 6) is -0.365. The third-order valence-electron chi connectivity index (χ3n) is 3.55. The number of aliphatic hydroxyl groups excluding tert-OH is 1. The summed E-state index contributed by atoms with van der Waals surface area (Å²) < 4.78 is 13.0. The molecule has 1 saturated carbocycles. The molecule has 104 valence electrons. The Bertz CT molecular complexity index is 459. The number of hydrogen-bond acceptors (Lipinski definition) is 2. The van der Waals surface area contributed by atoms with Crippen molar-refractivity contribution in [1.29, 1.82) is 0 Å². The van der Waals surface area contributed by atoms with Gasteiger partial charge in [-0.2, -0.15) is 0 Å². The minimum absolute atomic E-state index is 0.0477. The van der Waals surface area contributed by atoms with Crippen LogP contribution in [0.25, 0.3) is 0 Å². The van der Waals surface area contributed by atoms with E-state index in [1.54, 1.807) is 0 Å². The van der Waals surface area contributed by atoms with Crippen molar-refractivity contribution in [3.05, 3.63) is 34.6 Å². The predicted molar refractivity (Wildman–Crippen MR) is 71.7 cm³/mol. The highest BCUT2D eigenvalue weighted by Crippen LogP contribution is 2.23. The molecular weight excluding hydrogens is 269 g/mol. The Morgan fingerprint density at radius 3 is 2.68 bits per heavy atom. The summed E-state index contributed by atoms with van der Waals surface area (Å²) in [5.41, 5.74) is 0.363. The van der Waals surface area contributed by atoms with Gasteiger partial charge >= 0.3 is 0 Å². The minimum Gasteiger partial charge on any atom is -0.393 e. The summed E-state index contributed by atoms with van der Waals surface area (Å²) >= 11 is 5.64. The Kier molecular flexibility index (Phi) is 4.77. The quantitative estimate of drug-likeness (QED) is 0.897. The fourth-order valence-corrected chi connectivity index (χ4v) is 2.51. The van der Waals surface area contributed by atoms with Crippen LogP contribution in [-0.2, 0) is 0 Å². The van der Waals surface area contributed by atoms with Crippen molar-refractivity contribution >= 4 is 17.5 Å². The van der Waals surface area contributed by atoms with E-state index in [1.165, 1.54) is 18.2 Å². The lowest BCUT2D eigenvalue weighted by Crippen LogP contribution is -2.32. The van der Waals surface area contributed by atoms with Crippen LogP contribution < -0.4 is 5.32 Å². The van der Waals surface area contributed by atoms with Crippen molar-refractivity contribution in [2.24, 2.45) is 5.92 Å². The van der Waals surface area contributed by atoms with E-state index >= 15 is 0 Å². The molecule has 0 heterocycles. The topological polar surface area (TPSA) is 49.3 Å². The van der Waals surface area contributed by atoms with Crippen molar-refractivity contribution in [2.45, 2.75) is 31.8 Å². The van der Waals surface area contributed by atoms with Gasteiger partial charge in [0.05, 0.1) is 11.1 Å². The molecule has 19 heavy (non-hydrogen) atoms. The molecule has 3 nitrogen and oxygen atoms in total. The minimum atomic E-state index is -0.528. The molecule has 0 spiro atoms. The van der Waals surface area contributed by atoms with Crippen molar-refractivity contribution in [1.82, 2.24) is 5.32 Å². The molecule has 0 aromatic heterocycles. The lowest BCUT2D eigenvalue weighted by molar-refractivity contribution is 0.0910. The number of nitrogens with one attached hydrogen (secondary N) is 1. The van der Waals surface area contributed by atoms with Gasteiger partial charge in [0.25, 0.3) is 5.91 Å². The highest BCUT2D eigenvalue weighted by molar-refractivity contribution is 6.31. The van der Waals surface area contributed by atoms with Crippen LogP contribution in [0.5, 0.6) is 0 Å². The van der Waals surface area contributed by atoms with Crippen molar-refractivity contribution in [3.63, 3.8) is 0 Å². The summed E-state index contributed by atoms with van der Waals surface area (Å²) in [4.78, 5) is 11.9. The van der Waals surface area contributed by atoms with Crippen LogP contribution in [0.1, 0.15) is 36.0 Å². The highest BCUT2D eigenvalue weighted by atomic mass is 35.5. The molecule has 1 fully saturated rings. The average molecular weight is 286 g/mol. The molecule has 0 saturated heterocycles. The SMILES string of the molecule is O=C(NCC1CCC(O)CC1)c1ccc(F)c(Cl)c1. The smallest absolute Gasteiger partial charge is 0.251 e. The monoisotopic (exact) mass is 285 g/mol. The molecule has 5 heteroatoms. The van der Waals surface area contributed by atoms with Gasteiger partial charge in [0, 0.05) is 12.1 Å². The van der Waals surface area contributed by atoms with Crippen LogP contribution >= 0.6 is 11.6 Å². The first kappa shape index (κ1) is 14.3. The van der Waals surface area contributed by atoms with E-state index in [0.29, 0.717) is 18.0 Å². The molecule has 1 aromatic carbocycles. The van der Waals surface area contributed by atoms with Crippen molar-refractivity contribution in [2.75, 3.05) is 6.54 Å². The standard InChI is InChI=1S/C14H17ClFNO2/c15-12-7-10(3-6-13(12)16)14(19)17-8-9-1-4-11(18)5-2-9/h3,6-7,9,11,18H,1-2,4-5,8H2,(H,17,19). The van der Waals surface area contributed by atoms with Gasteiger partial charge < -0.3 is 10.4 Å². The van der Waals surface area contributed by atoms with Crippen molar-refractivity contribution < 1.29 is 14.3 Å². The molecule has 2 rings (SSSR count). The largest absolute Gasteiger partial charge is 0.393 e. The molecule has 1 aliphatic carbocycles. The zero-order chi connectivity index (χ0) is 13.8. The number of amides is 1. The Labute approximate surface area is 116 Å². The molecule has 0 bridgehead atoms. The molecular formula is C14H17ClFNO2. The number of rotatable bonds is 3. The molecule has 0 aliphatic heterocycles. The predicted octanol–water partition coefficient (Wildman–Crippen LogP) is 2.76. The number of carbonyl (C=O) groups is 1. The summed E-state index contributed by atoms with van der Waals surface area (Å²) in [5, 5.41) is 12.2. The maximum Gasteiger partial charge on any atom is 0.251 e. The van der Waals surface area contributed by atoms with E-state index in [-0.39, 0.29) is 17.0 Å². The Morgan fingerprint density at radius 1 is 1.37 bits per heavy atom. The first-order valence-electron chi connectivity index (χ1n) is 6.47. The van der Waals surface area contributed by atoms with Gasteiger partial charge in [0.15, 0.2) is 0 Å². The number of hydrogen-bond donors (Lipinski definition) is 2. The van der Waals surface area contributed by atoms with E-state index in [4.69, 9.17) is 11.6 Å². The van der Waals surface area contributed by atoms with Crippen molar-refractivity contribution in [3.8, 4) is 0 Å². The van der Waals surface area contributed by atoms with Gasteiger partial charge in [-0.05, 0) is 49.8 Å². The Hall–Kier alpha value is -1.13. The van der Waals surface area contributed by atoms with Crippen LogP contribution in [0.15, 0.2) is 18.2 Å². The zero-order valence-electron chi connectivity index (χ0n) is 10.5. The van der Waals surface area contributed by atoms with Crippen LogP contribution in [0.4, 0.5) is 4.39 Å². The number of aliphatic hydroxyl groups is 1. The van der Waals surface area contributed by atoms with E-state index in [1.807, 2.05) is 0 Å². The number of halogens is 2. The molecule has 2 N–H and O–H groups in total. The van der Waals surface area contributed by atoms with Crippen LogP contribution in [-0.4, -0.2) is 23.7 Å². The first-order valence-corrected chi connectivity index (χ1v) is 6.85. The van der Waals surface area contributed by atoms with E-state index in [0.717, 1.165) is 25.7 Å². The Balaban J connectivity index is 1.85. The lowest BCUT2D eigenvalue weighted by atomic mass is 9.87. The normalized spacial score (nSPS) is 23.1. The molecule has 0 atom stereocenters. The second kappa shape index (κ2) is 6.35. The molecule has 0 unspecified atom stereocenters. The first-order chi connectivity index (χ1) is 9.06. The zero-order valence-corrected chi connectivity index (χ0v) is 11.3. The fraction of sp³-hybridized carbons (Fsp3) is 0.500. The average Bonchev–Trinajstić information content (AvgIpc) is 2.41. The third kappa shape index (κ3) is 3.91. The fourth-order valence-electron chi connectivity index (χ4n) is 2.33. The third-order valence-corrected chi connectivity index (χ3v) is 3.84. The van der Waals surface area contributed by atoms with E-state index in [2.05, 4.69) is 5.32 Å². The van der Waals surface area contributed by atoms with Gasteiger partial charge in [-0.25, -0.2) is 4.39 Å². The number of benzene rings is 1. The van der Waals surface area contributed by atoms with Gasteiger partial charge in [0.2, 0.25) is 0 Å². The van der Waals surface area contributed by atoms with Crippen LogP contribution in [0, 0.1) is 11.7 Å². The molecule has 1 aromatic rings. The van der Waals surface area contributed by atoms with Crippen LogP contribution in [0.2, 0.25) is 5.02 Å². The number of carbonyl (C=O) groups excluding carboxylic acids is 1. The second-order valence-corrected chi connectivity index (χ2v) is 5.42. The van der Waals surface area contributed by atoms with Gasteiger partial charge in [0.1, 0.15) is 5.82 Å². The second-order valence-electron chi connectivity index (χ2n) is 5.01. The maximum absolute atomic E-state index is 13.0. The van der Waals surface area contributed by atoms with Gasteiger partial charge in [-0.1, -0.05) is 11.6 Å². The Morgan fingerprint density at radius 2 is 2.05 bits per heavy atom. The molecule has 1 amide bonds. The highest BCUT2D eigenvalue weighted by Gasteiger charge is 2.20. The molecule has 0 radical (unpaired) electrons. The summed E-state index contributed by atoms with van der Waals surface area (Å²) in [6.07, 6.45) is 3.24. The summed E-state index contributed by atoms with van der Waals surface area (Å²) in [6, 6.07) is 3.94. The summed E-state index contributed by atoms with van der Waals surface area (Å²) in [7, 11) is 0. The van der Waals surface area contributed by atoms with E-state index < -0.39 is 5.82 Å². The lowest BCUT2D eigenvalue weighted by Gasteiger charge is -2.25. The summed E-state index contributed by atoms with van der Waals surface area (Å²) in [6.45, 7) is 0.584. The van der Waals surface area contributed by atoms with E-state index in [9.17, 15) is 14.3 Å².